The van der Waals surface area contributed by atoms with Crippen LogP contribution in [-0.4, -0.2) is 37.5 Å². The number of aromatic carboxylic acids is 1. The normalized spacial score (nSPS) is 10.8. The van der Waals surface area contributed by atoms with E-state index in [1.165, 1.54) is 24.5 Å². The van der Waals surface area contributed by atoms with Crippen LogP contribution in [0.3, 0.4) is 0 Å². The number of para-hydroxylation sites is 1. The topological polar surface area (TPSA) is 110 Å². The Balaban J connectivity index is 1.58. The summed E-state index contributed by atoms with van der Waals surface area (Å²) in [6.07, 6.45) is 1.52. The van der Waals surface area contributed by atoms with Gasteiger partial charge in [0.15, 0.2) is 10.9 Å². The lowest BCUT2D eigenvalue weighted by Crippen LogP contribution is -2.15. The predicted molar refractivity (Wildman–Crippen MR) is 122 cm³/mol. The van der Waals surface area contributed by atoms with Crippen molar-refractivity contribution in [3.8, 4) is 17.3 Å². The second-order valence-electron chi connectivity index (χ2n) is 6.41. The molecular formula is C21H14Cl2N4O4S. The molecule has 0 fully saturated rings. The summed E-state index contributed by atoms with van der Waals surface area (Å²) in [5, 5.41) is 21.3. The molecule has 0 radical (unpaired) electrons. The van der Waals surface area contributed by atoms with Crippen molar-refractivity contribution in [1.29, 1.82) is 0 Å². The Morgan fingerprint density at radius 2 is 1.88 bits per heavy atom. The van der Waals surface area contributed by atoms with E-state index in [2.05, 4.69) is 15.5 Å². The third kappa shape index (κ3) is 4.64. The molecule has 162 valence electrons. The van der Waals surface area contributed by atoms with Gasteiger partial charge in [-0.2, -0.15) is 0 Å². The Hall–Kier alpha value is -3.27. The number of aromatic nitrogens is 3. The van der Waals surface area contributed by atoms with Crippen molar-refractivity contribution in [2.24, 2.45) is 0 Å². The van der Waals surface area contributed by atoms with Crippen molar-refractivity contribution in [2.45, 2.75) is 5.16 Å². The van der Waals surface area contributed by atoms with Crippen LogP contribution in [0.1, 0.15) is 10.4 Å². The summed E-state index contributed by atoms with van der Waals surface area (Å²) in [5.41, 5.74) is 0.852. The lowest BCUT2D eigenvalue weighted by Gasteiger charge is -2.11. The molecule has 0 saturated heterocycles. The van der Waals surface area contributed by atoms with E-state index in [4.69, 9.17) is 32.7 Å². The highest BCUT2D eigenvalue weighted by molar-refractivity contribution is 7.99. The first-order chi connectivity index (χ1) is 15.4. The molecule has 11 heteroatoms. The van der Waals surface area contributed by atoms with Crippen LogP contribution in [0.15, 0.2) is 70.4 Å². The molecule has 0 aliphatic heterocycles. The highest BCUT2D eigenvalue weighted by atomic mass is 35.5. The first kappa shape index (κ1) is 21.9. The largest absolute Gasteiger partial charge is 0.478 e. The number of carboxylic acid groups (broad SMARTS) is 1. The standard InChI is InChI=1S/C21H14Cl2N4O4S/c22-13-8-7-12(20(29)30)10-15(13)24-18(28)11-32-21-26-25-19(17-6-3-9-31-17)27(21)16-5-2-1-4-14(16)23/h1-10H,11H2,(H,24,28)(H,29,30). The molecule has 1 amide bonds. The number of carboxylic acids is 1. The van der Waals surface area contributed by atoms with Gasteiger partial charge in [-0.3, -0.25) is 9.36 Å². The van der Waals surface area contributed by atoms with E-state index in [1.54, 1.807) is 34.9 Å². The maximum Gasteiger partial charge on any atom is 0.335 e. The van der Waals surface area contributed by atoms with E-state index >= 15 is 0 Å². The van der Waals surface area contributed by atoms with Crippen LogP contribution >= 0.6 is 35.0 Å². The molecule has 0 bridgehead atoms. The summed E-state index contributed by atoms with van der Waals surface area (Å²) < 4.78 is 7.17. The van der Waals surface area contributed by atoms with Crippen molar-refractivity contribution < 1.29 is 19.1 Å². The zero-order chi connectivity index (χ0) is 22.7. The van der Waals surface area contributed by atoms with E-state index in [0.717, 1.165) is 11.8 Å². The van der Waals surface area contributed by atoms with Crippen molar-refractivity contribution in [1.82, 2.24) is 14.8 Å². The number of halogens is 2. The first-order valence-corrected chi connectivity index (χ1v) is 10.9. The quantitative estimate of drug-likeness (QED) is 0.341. The highest BCUT2D eigenvalue weighted by Crippen LogP contribution is 2.32. The highest BCUT2D eigenvalue weighted by Gasteiger charge is 2.20. The Morgan fingerprint density at radius 3 is 2.59 bits per heavy atom. The van der Waals surface area contributed by atoms with Crippen LogP contribution in [0.25, 0.3) is 17.3 Å². The van der Waals surface area contributed by atoms with Crippen LogP contribution in [-0.2, 0) is 4.79 Å². The number of thioether (sulfide) groups is 1. The van der Waals surface area contributed by atoms with Crippen molar-refractivity contribution in [2.75, 3.05) is 11.1 Å². The second kappa shape index (κ2) is 9.47. The first-order valence-electron chi connectivity index (χ1n) is 9.13. The van der Waals surface area contributed by atoms with Crippen LogP contribution < -0.4 is 5.32 Å². The molecule has 2 N–H and O–H groups in total. The minimum absolute atomic E-state index is 0.0129. The molecule has 4 aromatic rings. The molecule has 8 nitrogen and oxygen atoms in total. The van der Waals surface area contributed by atoms with Gasteiger partial charge in [0.05, 0.1) is 39.0 Å². The second-order valence-corrected chi connectivity index (χ2v) is 8.16. The van der Waals surface area contributed by atoms with Gasteiger partial charge in [0.1, 0.15) is 0 Å². The lowest BCUT2D eigenvalue weighted by molar-refractivity contribution is -0.113. The van der Waals surface area contributed by atoms with Gasteiger partial charge in [0.2, 0.25) is 11.7 Å². The van der Waals surface area contributed by atoms with E-state index < -0.39 is 11.9 Å². The predicted octanol–water partition coefficient (Wildman–Crippen LogP) is 5.26. The average Bonchev–Trinajstić information content (AvgIpc) is 3.44. The summed E-state index contributed by atoms with van der Waals surface area (Å²) in [6.45, 7) is 0. The van der Waals surface area contributed by atoms with Gasteiger partial charge in [-0.25, -0.2) is 4.79 Å². The van der Waals surface area contributed by atoms with Crippen LogP contribution in [0.5, 0.6) is 0 Å². The van der Waals surface area contributed by atoms with Crippen molar-refractivity contribution in [3.05, 3.63) is 76.5 Å². The van der Waals surface area contributed by atoms with E-state index in [0.29, 0.717) is 27.5 Å². The fourth-order valence-electron chi connectivity index (χ4n) is 2.85. The number of amides is 1. The number of rotatable bonds is 7. The molecule has 0 unspecified atom stereocenters. The molecule has 2 aromatic heterocycles. The van der Waals surface area contributed by atoms with Gasteiger partial charge in [-0.15, -0.1) is 10.2 Å². The summed E-state index contributed by atoms with van der Waals surface area (Å²) in [4.78, 5) is 23.7. The molecule has 0 aliphatic rings. The smallest absolute Gasteiger partial charge is 0.335 e. The maximum atomic E-state index is 12.5. The average molecular weight is 489 g/mol. The summed E-state index contributed by atoms with van der Waals surface area (Å²) in [7, 11) is 0. The number of hydrogen-bond donors (Lipinski definition) is 2. The molecule has 2 aromatic carbocycles. The number of carbonyl (C=O) groups is 2. The molecule has 2 heterocycles. The van der Waals surface area contributed by atoms with Gasteiger partial charge in [0.25, 0.3) is 0 Å². The van der Waals surface area contributed by atoms with Crippen molar-refractivity contribution >= 4 is 52.5 Å². The number of anilines is 1. The van der Waals surface area contributed by atoms with Gasteiger partial charge in [-0.1, -0.05) is 47.1 Å². The zero-order valence-corrected chi connectivity index (χ0v) is 18.5. The van der Waals surface area contributed by atoms with E-state index in [-0.39, 0.29) is 22.0 Å². The monoisotopic (exact) mass is 488 g/mol. The molecule has 0 spiro atoms. The zero-order valence-electron chi connectivity index (χ0n) is 16.2. The Kier molecular flexibility index (Phi) is 6.50. The Bertz CT molecular complexity index is 1290. The third-order valence-corrected chi connectivity index (χ3v) is 5.87. The molecule has 32 heavy (non-hydrogen) atoms. The molecule has 0 saturated carbocycles. The lowest BCUT2D eigenvalue weighted by atomic mass is 10.2. The number of hydrogen-bond acceptors (Lipinski definition) is 6. The van der Waals surface area contributed by atoms with Crippen molar-refractivity contribution in [3.63, 3.8) is 0 Å². The number of nitrogens with zero attached hydrogens (tertiary/aromatic N) is 3. The summed E-state index contributed by atoms with van der Waals surface area (Å²) in [6, 6.07) is 14.7. The number of nitrogens with one attached hydrogen (secondary N) is 1. The number of benzene rings is 2. The van der Waals surface area contributed by atoms with Crippen LogP contribution in [0.4, 0.5) is 5.69 Å². The van der Waals surface area contributed by atoms with Gasteiger partial charge < -0.3 is 14.8 Å². The number of furan rings is 1. The minimum atomic E-state index is -1.12. The van der Waals surface area contributed by atoms with E-state index in [9.17, 15) is 9.59 Å². The third-order valence-electron chi connectivity index (χ3n) is 4.29. The Labute approximate surface area is 196 Å². The molecular weight excluding hydrogens is 475 g/mol. The van der Waals surface area contributed by atoms with Gasteiger partial charge in [0, 0.05) is 0 Å². The summed E-state index contributed by atoms with van der Waals surface area (Å²) >= 11 is 13.6. The minimum Gasteiger partial charge on any atom is -0.478 e. The fraction of sp³-hybridized carbons (Fsp3) is 0.0476. The fourth-order valence-corrected chi connectivity index (χ4v) is 3.98. The molecule has 0 aliphatic carbocycles. The van der Waals surface area contributed by atoms with E-state index in [1.807, 2.05) is 6.07 Å². The van der Waals surface area contributed by atoms with Crippen LogP contribution in [0.2, 0.25) is 10.0 Å². The SMILES string of the molecule is O=C(CSc1nnc(-c2ccco2)n1-c1ccccc1Cl)Nc1cc(C(=O)O)ccc1Cl. The molecule has 4 rings (SSSR count). The van der Waals surface area contributed by atoms with Gasteiger partial charge >= 0.3 is 5.97 Å². The number of carbonyl (C=O) groups excluding carboxylic acids is 1. The van der Waals surface area contributed by atoms with Gasteiger partial charge in [-0.05, 0) is 42.5 Å². The Morgan fingerprint density at radius 1 is 1.06 bits per heavy atom. The maximum absolute atomic E-state index is 12.5. The molecule has 0 atom stereocenters. The van der Waals surface area contributed by atoms with Crippen LogP contribution in [0, 0.1) is 0 Å². The summed E-state index contributed by atoms with van der Waals surface area (Å²) in [5.74, 6) is -0.624.